The summed E-state index contributed by atoms with van der Waals surface area (Å²) in [6.07, 6.45) is 0.237. The molecule has 1 aliphatic carbocycles. The number of hydrogen-bond acceptors (Lipinski definition) is 2. The Morgan fingerprint density at radius 1 is 1.32 bits per heavy atom. The Hall–Kier alpha value is -0.780. The lowest BCUT2D eigenvalue weighted by atomic mass is 9.85. The number of nitrogens with zero attached hydrogens (tertiary/aromatic N) is 1. The minimum Gasteiger partial charge on any atom is -0.344 e. The van der Waals surface area contributed by atoms with Crippen molar-refractivity contribution in [1.82, 2.24) is 10.2 Å². The zero-order valence-electron chi connectivity index (χ0n) is 11.2. The zero-order valence-corrected chi connectivity index (χ0v) is 11.2. The van der Waals surface area contributed by atoms with E-state index in [2.05, 4.69) is 5.32 Å². The molecule has 0 aromatic heterocycles. The van der Waals surface area contributed by atoms with Crippen LogP contribution in [0.25, 0.3) is 0 Å². The lowest BCUT2D eigenvalue weighted by Crippen LogP contribution is -2.44. The normalized spacial score (nSPS) is 31.1. The second-order valence-electron chi connectivity index (χ2n) is 5.73. The molecule has 19 heavy (non-hydrogen) atoms. The van der Waals surface area contributed by atoms with Gasteiger partial charge in [0.25, 0.3) is 0 Å². The number of carbonyl (C=O) groups is 1. The molecule has 6 heteroatoms. The summed E-state index contributed by atoms with van der Waals surface area (Å²) in [5.41, 5.74) is 0. The van der Waals surface area contributed by atoms with Gasteiger partial charge < -0.3 is 10.2 Å². The molecule has 1 aliphatic heterocycles. The number of halogens is 3. The Morgan fingerprint density at radius 2 is 2.00 bits per heavy atom. The third kappa shape index (κ3) is 3.84. The first-order valence-corrected chi connectivity index (χ1v) is 6.94. The van der Waals surface area contributed by atoms with Crippen molar-refractivity contribution in [3.05, 3.63) is 0 Å². The molecule has 0 aromatic carbocycles. The quantitative estimate of drug-likeness (QED) is 0.859. The fourth-order valence-electron chi connectivity index (χ4n) is 3.18. The van der Waals surface area contributed by atoms with Crippen LogP contribution in [0.3, 0.4) is 0 Å². The third-order valence-corrected chi connectivity index (χ3v) is 4.27. The van der Waals surface area contributed by atoms with Gasteiger partial charge in [-0.25, -0.2) is 0 Å². The molecule has 0 radical (unpaired) electrons. The topological polar surface area (TPSA) is 32.3 Å². The molecule has 1 saturated carbocycles. The number of nitrogens with one attached hydrogen (secondary N) is 1. The van der Waals surface area contributed by atoms with Crippen LogP contribution in [0.4, 0.5) is 13.2 Å². The van der Waals surface area contributed by atoms with Gasteiger partial charge in [-0.05, 0) is 25.2 Å². The third-order valence-electron chi connectivity index (χ3n) is 4.27. The van der Waals surface area contributed by atoms with E-state index >= 15 is 0 Å². The molecule has 2 aliphatic rings. The van der Waals surface area contributed by atoms with Crippen molar-refractivity contribution in [3.63, 3.8) is 0 Å². The maximum absolute atomic E-state index is 12.1. The lowest BCUT2D eigenvalue weighted by molar-refractivity contribution is -0.144. The average Bonchev–Trinajstić information content (AvgIpc) is 2.77. The van der Waals surface area contributed by atoms with Crippen LogP contribution >= 0.6 is 0 Å². The molecule has 3 nitrogen and oxygen atoms in total. The number of likely N-dealkylation sites (N-methyl/N-ethyl adjacent to an activating group) is 1. The van der Waals surface area contributed by atoms with E-state index in [1.165, 1.54) is 24.8 Å². The minimum atomic E-state index is -4.20. The highest BCUT2D eigenvalue weighted by atomic mass is 19.4. The number of carbonyl (C=O) groups excluding carboxylic acids is 1. The van der Waals surface area contributed by atoms with Crippen LogP contribution in [-0.4, -0.2) is 42.7 Å². The summed E-state index contributed by atoms with van der Waals surface area (Å²) >= 11 is 0. The number of alkyl halides is 3. The number of hydrogen-bond donors (Lipinski definition) is 1. The first-order chi connectivity index (χ1) is 8.87. The number of rotatable bonds is 3. The smallest absolute Gasteiger partial charge is 0.344 e. The summed E-state index contributed by atoms with van der Waals surface area (Å²) < 4.78 is 36.4. The summed E-state index contributed by atoms with van der Waals surface area (Å²) in [4.78, 5) is 13.3. The van der Waals surface area contributed by atoms with Gasteiger partial charge in [0.15, 0.2) is 0 Å². The van der Waals surface area contributed by atoms with Gasteiger partial charge in [0.2, 0.25) is 5.91 Å². The van der Waals surface area contributed by atoms with E-state index in [4.69, 9.17) is 0 Å². The van der Waals surface area contributed by atoms with Crippen LogP contribution in [0.2, 0.25) is 0 Å². The van der Waals surface area contributed by atoms with Crippen LogP contribution in [0, 0.1) is 5.92 Å². The van der Waals surface area contributed by atoms with Gasteiger partial charge in [-0.2, -0.15) is 13.2 Å². The Morgan fingerprint density at radius 3 is 2.63 bits per heavy atom. The molecule has 3 atom stereocenters. The van der Waals surface area contributed by atoms with Gasteiger partial charge in [0, 0.05) is 19.6 Å². The van der Waals surface area contributed by atoms with Gasteiger partial charge in [0.1, 0.15) is 0 Å². The molecule has 110 valence electrons. The second kappa shape index (κ2) is 5.69. The Labute approximate surface area is 111 Å². The molecule has 2 fully saturated rings. The van der Waals surface area contributed by atoms with Gasteiger partial charge in [-0.1, -0.05) is 12.8 Å². The molecular formula is C13H21F3N2O. The zero-order chi connectivity index (χ0) is 14.0. The number of amides is 1. The van der Waals surface area contributed by atoms with Crippen molar-refractivity contribution in [2.75, 3.05) is 13.6 Å². The van der Waals surface area contributed by atoms with E-state index in [0.717, 1.165) is 19.3 Å². The fraction of sp³-hybridized carbons (Fsp3) is 0.923. The van der Waals surface area contributed by atoms with E-state index in [0.29, 0.717) is 12.0 Å². The molecule has 0 bridgehead atoms. The van der Waals surface area contributed by atoms with E-state index in [1.807, 2.05) is 0 Å². The fourth-order valence-corrected chi connectivity index (χ4v) is 3.18. The average molecular weight is 278 g/mol. The Balaban J connectivity index is 1.83. The van der Waals surface area contributed by atoms with Crippen molar-refractivity contribution in [1.29, 1.82) is 0 Å². The van der Waals surface area contributed by atoms with Gasteiger partial charge in [0.05, 0.1) is 12.5 Å². The predicted molar refractivity (Wildman–Crippen MR) is 65.6 cm³/mol. The van der Waals surface area contributed by atoms with Crippen molar-refractivity contribution in [3.8, 4) is 0 Å². The number of fused-ring (bicyclic) bond motifs is 1. The van der Waals surface area contributed by atoms with Crippen LogP contribution in [-0.2, 0) is 4.79 Å². The van der Waals surface area contributed by atoms with Crippen molar-refractivity contribution in [2.24, 2.45) is 5.92 Å². The first-order valence-electron chi connectivity index (χ1n) is 6.94. The van der Waals surface area contributed by atoms with Gasteiger partial charge >= 0.3 is 6.18 Å². The van der Waals surface area contributed by atoms with E-state index < -0.39 is 12.6 Å². The molecule has 1 amide bonds. The first kappa shape index (κ1) is 14.6. The molecule has 3 unspecified atom stereocenters. The molecular weight excluding hydrogens is 257 g/mol. The maximum atomic E-state index is 12.1. The minimum absolute atomic E-state index is 0.196. The largest absolute Gasteiger partial charge is 0.390 e. The SMILES string of the molecule is CN(CCC(F)(F)F)C(=O)C1CC2CCCCC2N1. The van der Waals surface area contributed by atoms with Crippen LogP contribution in [0.5, 0.6) is 0 Å². The molecule has 0 aromatic rings. The van der Waals surface area contributed by atoms with Gasteiger partial charge in [-0.15, -0.1) is 0 Å². The summed E-state index contributed by atoms with van der Waals surface area (Å²) in [5, 5.41) is 3.30. The van der Waals surface area contributed by atoms with Crippen molar-refractivity contribution < 1.29 is 18.0 Å². The standard InChI is InChI=1S/C13H21F3N2O/c1-18(7-6-13(14,15)16)12(19)11-8-9-4-2-3-5-10(9)17-11/h9-11,17H,2-8H2,1H3. The van der Waals surface area contributed by atoms with Crippen LogP contribution in [0.15, 0.2) is 0 Å². The molecule has 1 saturated heterocycles. The highest BCUT2D eigenvalue weighted by Crippen LogP contribution is 2.33. The van der Waals surface area contributed by atoms with Gasteiger partial charge in [-0.3, -0.25) is 4.79 Å². The molecule has 0 spiro atoms. The summed E-state index contributed by atoms with van der Waals surface area (Å²) in [5.74, 6) is 0.331. The maximum Gasteiger partial charge on any atom is 0.390 e. The van der Waals surface area contributed by atoms with E-state index in [9.17, 15) is 18.0 Å². The van der Waals surface area contributed by atoms with E-state index in [-0.39, 0.29) is 18.5 Å². The monoisotopic (exact) mass is 278 g/mol. The predicted octanol–water partition coefficient (Wildman–Crippen LogP) is 2.32. The summed E-state index contributed by atoms with van der Waals surface area (Å²) in [7, 11) is 1.46. The molecule has 2 rings (SSSR count). The Kier molecular flexibility index (Phi) is 4.38. The lowest BCUT2D eigenvalue weighted by Gasteiger charge is -2.24. The Bertz CT molecular complexity index is 318. The van der Waals surface area contributed by atoms with Crippen molar-refractivity contribution >= 4 is 5.91 Å². The summed E-state index contributed by atoms with van der Waals surface area (Å²) in [6.45, 7) is -0.254. The molecule has 1 heterocycles. The van der Waals surface area contributed by atoms with E-state index in [1.54, 1.807) is 0 Å². The highest BCUT2D eigenvalue weighted by Gasteiger charge is 2.39. The van der Waals surface area contributed by atoms with Crippen LogP contribution in [0.1, 0.15) is 38.5 Å². The second-order valence-corrected chi connectivity index (χ2v) is 5.73. The molecule has 1 N–H and O–H groups in total. The highest BCUT2D eigenvalue weighted by molar-refractivity contribution is 5.82. The summed E-state index contributed by atoms with van der Waals surface area (Å²) in [6, 6.07) is 0.102. The van der Waals surface area contributed by atoms with Crippen LogP contribution < -0.4 is 5.32 Å². The van der Waals surface area contributed by atoms with Crippen molar-refractivity contribution in [2.45, 2.75) is 56.8 Å².